The lowest BCUT2D eigenvalue weighted by Crippen LogP contribution is -2.51. The fourth-order valence-electron chi connectivity index (χ4n) is 2.22. The van der Waals surface area contributed by atoms with Crippen molar-refractivity contribution in [3.05, 3.63) is 22.2 Å². The lowest BCUT2D eigenvalue weighted by atomic mass is 9.81. The predicted octanol–water partition coefficient (Wildman–Crippen LogP) is -0.736. The number of alkyl halides is 1. The first-order valence-electron chi connectivity index (χ1n) is 5.74. The number of hydrogen-bond acceptors (Lipinski definition) is 6. The Labute approximate surface area is 108 Å². The summed E-state index contributed by atoms with van der Waals surface area (Å²) in [5.74, 6) is -0.174. The number of aromatic nitrogens is 2. The molecule has 2 unspecified atom stereocenters. The first-order chi connectivity index (χ1) is 8.71. The lowest BCUT2D eigenvalue weighted by molar-refractivity contribution is -0.0889. The number of ether oxygens (including phenoxy) is 1. The quantitative estimate of drug-likeness (QED) is 0.563. The Morgan fingerprint density at radius 3 is 2.74 bits per heavy atom. The fraction of sp³-hybridized carbons (Fsp3) is 0.636. The second-order valence-corrected chi connectivity index (χ2v) is 4.96. The molecule has 0 radical (unpaired) electrons. The van der Waals surface area contributed by atoms with Gasteiger partial charge in [-0.1, -0.05) is 0 Å². The van der Waals surface area contributed by atoms with Gasteiger partial charge in [-0.25, -0.2) is 9.18 Å². The van der Waals surface area contributed by atoms with Crippen LogP contribution in [-0.2, 0) is 4.74 Å². The Kier molecular flexibility index (Phi) is 3.12. The molecule has 1 aromatic rings. The van der Waals surface area contributed by atoms with Gasteiger partial charge >= 0.3 is 5.69 Å². The maximum absolute atomic E-state index is 14.8. The number of hydrogen-bond donors (Lipinski definition) is 4. The van der Waals surface area contributed by atoms with Crippen LogP contribution in [0, 0.1) is 0 Å². The van der Waals surface area contributed by atoms with Crippen LogP contribution in [0.4, 0.5) is 10.2 Å². The van der Waals surface area contributed by atoms with Gasteiger partial charge in [-0.15, -0.1) is 0 Å². The zero-order valence-electron chi connectivity index (χ0n) is 10.6. The van der Waals surface area contributed by atoms with Gasteiger partial charge in [0.05, 0.1) is 6.61 Å². The average Bonchev–Trinajstić information content (AvgIpc) is 2.47. The van der Waals surface area contributed by atoms with Crippen molar-refractivity contribution in [1.29, 1.82) is 0 Å². The van der Waals surface area contributed by atoms with Gasteiger partial charge < -0.3 is 25.7 Å². The summed E-state index contributed by atoms with van der Waals surface area (Å²) in [5, 5.41) is 19.3. The third-order valence-electron chi connectivity index (χ3n) is 3.73. The van der Waals surface area contributed by atoms with Gasteiger partial charge in [0.25, 0.3) is 0 Å². The summed E-state index contributed by atoms with van der Waals surface area (Å²) in [6, 6.07) is 0. The van der Waals surface area contributed by atoms with Gasteiger partial charge in [0.15, 0.2) is 5.67 Å². The Morgan fingerprint density at radius 2 is 2.26 bits per heavy atom. The second-order valence-electron chi connectivity index (χ2n) is 4.96. The molecule has 1 saturated heterocycles. The van der Waals surface area contributed by atoms with Crippen molar-refractivity contribution in [2.45, 2.75) is 37.3 Å². The molecule has 5 N–H and O–H groups in total. The van der Waals surface area contributed by atoms with E-state index in [9.17, 15) is 14.3 Å². The molecular formula is C11H16FN3O4. The van der Waals surface area contributed by atoms with E-state index in [4.69, 9.17) is 15.6 Å². The molecule has 19 heavy (non-hydrogen) atoms. The Morgan fingerprint density at radius 1 is 1.63 bits per heavy atom. The largest absolute Gasteiger partial charge is 0.394 e. The number of anilines is 1. The van der Waals surface area contributed by atoms with Crippen LogP contribution in [-0.4, -0.2) is 44.2 Å². The normalized spacial score (nSPS) is 38.6. The standard InChI is InChI=1S/C11H16FN3O4/c1-10(12)7(19-6(4-16)11(10,2)18)5-3-14-9(17)15-8(5)13/h3,6-7,16,18H,4H2,1-2H3,(H3,13,14,15,17)/t6?,7-,10?,11-/m1/s1. The SMILES string of the molecule is CC1(F)[C@@H](c2c[nH]c(=O)nc2N)OC(CO)[C@@]1(C)O. The van der Waals surface area contributed by atoms with Crippen LogP contribution in [0.15, 0.2) is 11.0 Å². The first-order valence-corrected chi connectivity index (χ1v) is 5.74. The van der Waals surface area contributed by atoms with Gasteiger partial charge in [0, 0.05) is 11.8 Å². The van der Waals surface area contributed by atoms with Crippen molar-refractivity contribution in [2.75, 3.05) is 12.3 Å². The molecule has 0 aliphatic carbocycles. The van der Waals surface area contributed by atoms with Crippen LogP contribution in [0.5, 0.6) is 0 Å². The minimum atomic E-state index is -2.20. The molecule has 0 spiro atoms. The molecule has 2 rings (SSSR count). The zero-order valence-corrected chi connectivity index (χ0v) is 10.6. The van der Waals surface area contributed by atoms with E-state index < -0.39 is 35.8 Å². The van der Waals surface area contributed by atoms with Crippen molar-refractivity contribution in [3.63, 3.8) is 0 Å². The number of aliphatic hydroxyl groups excluding tert-OH is 1. The van der Waals surface area contributed by atoms with Crippen LogP contribution < -0.4 is 11.4 Å². The summed E-state index contributed by atoms with van der Waals surface area (Å²) < 4.78 is 20.1. The second kappa shape index (κ2) is 4.26. The molecule has 0 saturated carbocycles. The zero-order chi connectivity index (χ0) is 14.4. The third-order valence-corrected chi connectivity index (χ3v) is 3.73. The maximum atomic E-state index is 14.8. The van der Waals surface area contributed by atoms with Gasteiger partial charge in [-0.05, 0) is 13.8 Å². The summed E-state index contributed by atoms with van der Waals surface area (Å²) in [4.78, 5) is 16.7. The minimum absolute atomic E-state index is 0.126. The van der Waals surface area contributed by atoms with Crippen molar-refractivity contribution < 1.29 is 19.3 Å². The summed E-state index contributed by atoms with van der Waals surface area (Å²) in [6.07, 6.45) is -1.13. The van der Waals surface area contributed by atoms with E-state index in [0.717, 1.165) is 6.92 Å². The van der Waals surface area contributed by atoms with E-state index in [1.165, 1.54) is 13.1 Å². The highest BCUT2D eigenvalue weighted by atomic mass is 19.1. The Balaban J connectivity index is 2.49. The van der Waals surface area contributed by atoms with Crippen molar-refractivity contribution in [2.24, 2.45) is 0 Å². The van der Waals surface area contributed by atoms with E-state index in [1.807, 2.05) is 0 Å². The van der Waals surface area contributed by atoms with E-state index in [1.54, 1.807) is 0 Å². The van der Waals surface area contributed by atoms with Crippen molar-refractivity contribution >= 4 is 5.82 Å². The van der Waals surface area contributed by atoms with E-state index in [-0.39, 0.29) is 11.4 Å². The molecule has 4 atom stereocenters. The molecular weight excluding hydrogens is 257 g/mol. The van der Waals surface area contributed by atoms with Crippen LogP contribution >= 0.6 is 0 Å². The molecule has 2 heterocycles. The number of aliphatic hydroxyl groups is 2. The van der Waals surface area contributed by atoms with Crippen molar-refractivity contribution in [1.82, 2.24) is 9.97 Å². The molecule has 1 aromatic heterocycles. The molecule has 0 aromatic carbocycles. The highest BCUT2D eigenvalue weighted by molar-refractivity contribution is 5.41. The monoisotopic (exact) mass is 273 g/mol. The summed E-state index contributed by atoms with van der Waals surface area (Å²) in [7, 11) is 0. The lowest BCUT2D eigenvalue weighted by Gasteiger charge is -2.32. The van der Waals surface area contributed by atoms with Crippen LogP contribution in [0.25, 0.3) is 0 Å². The van der Waals surface area contributed by atoms with E-state index >= 15 is 0 Å². The van der Waals surface area contributed by atoms with Crippen molar-refractivity contribution in [3.8, 4) is 0 Å². The minimum Gasteiger partial charge on any atom is -0.394 e. The number of nitrogens with one attached hydrogen (secondary N) is 1. The van der Waals surface area contributed by atoms with Crippen LogP contribution in [0.2, 0.25) is 0 Å². The van der Waals surface area contributed by atoms with E-state index in [0.29, 0.717) is 0 Å². The highest BCUT2D eigenvalue weighted by Crippen LogP contribution is 2.50. The molecule has 0 amide bonds. The topological polar surface area (TPSA) is 121 Å². The number of nitrogens with zero attached hydrogens (tertiary/aromatic N) is 1. The Bertz CT molecular complexity index is 543. The predicted molar refractivity (Wildman–Crippen MR) is 64.1 cm³/mol. The molecule has 1 aliphatic rings. The van der Waals surface area contributed by atoms with Crippen LogP contribution in [0.1, 0.15) is 25.5 Å². The number of rotatable bonds is 2. The smallest absolute Gasteiger partial charge is 0.346 e. The summed E-state index contributed by atoms with van der Waals surface area (Å²) >= 11 is 0. The first kappa shape index (κ1) is 13.9. The van der Waals surface area contributed by atoms with Gasteiger partial charge in [0.2, 0.25) is 0 Å². The summed E-state index contributed by atoms with van der Waals surface area (Å²) in [5.41, 5.74) is 0.946. The third kappa shape index (κ3) is 1.92. The van der Waals surface area contributed by atoms with Gasteiger partial charge in [-0.2, -0.15) is 4.98 Å². The van der Waals surface area contributed by atoms with Gasteiger partial charge in [0.1, 0.15) is 23.6 Å². The summed E-state index contributed by atoms with van der Waals surface area (Å²) in [6.45, 7) is 1.85. The number of halogens is 1. The molecule has 8 heteroatoms. The average molecular weight is 273 g/mol. The molecule has 7 nitrogen and oxygen atoms in total. The molecule has 1 aliphatic heterocycles. The molecule has 0 bridgehead atoms. The van der Waals surface area contributed by atoms with Gasteiger partial charge in [-0.3, -0.25) is 0 Å². The maximum Gasteiger partial charge on any atom is 0.346 e. The number of nitrogen functional groups attached to an aromatic ring is 1. The molecule has 1 fully saturated rings. The van der Waals surface area contributed by atoms with Crippen LogP contribution in [0.3, 0.4) is 0 Å². The molecule has 106 valence electrons. The number of aromatic amines is 1. The highest BCUT2D eigenvalue weighted by Gasteiger charge is 2.62. The number of nitrogens with two attached hydrogens (primary N) is 1. The fourth-order valence-corrected chi connectivity index (χ4v) is 2.22. The Hall–Kier alpha value is -1.51. The van der Waals surface area contributed by atoms with E-state index in [2.05, 4.69) is 9.97 Å². The number of H-pyrrole nitrogens is 1.